The lowest BCUT2D eigenvalue weighted by molar-refractivity contribution is -0.268. The van der Waals surface area contributed by atoms with Crippen LogP contribution in [0.3, 0.4) is 0 Å². The van der Waals surface area contributed by atoms with Gasteiger partial charge in [-0.1, -0.05) is 39.3 Å². The van der Waals surface area contributed by atoms with Gasteiger partial charge < -0.3 is 28.5 Å². The van der Waals surface area contributed by atoms with Gasteiger partial charge in [-0.05, 0) is 44.2 Å². The minimum atomic E-state index is -1.58. The summed E-state index contributed by atoms with van der Waals surface area (Å²) in [7, 11) is 1.22. The molecule has 3 saturated carbocycles. The summed E-state index contributed by atoms with van der Waals surface area (Å²) < 4.78 is 29.4. The lowest BCUT2D eigenvalue weighted by Crippen LogP contribution is -2.75. The number of ketones is 1. The van der Waals surface area contributed by atoms with E-state index in [1.54, 1.807) is 26.4 Å². The molecule has 0 amide bonds. The highest BCUT2D eigenvalue weighted by atomic mass is 16.6. The Morgan fingerprint density at radius 3 is 2.28 bits per heavy atom. The van der Waals surface area contributed by atoms with Gasteiger partial charge in [0.2, 0.25) is 0 Å². The van der Waals surface area contributed by atoms with Crippen LogP contribution >= 0.6 is 0 Å². The standard InChI is InChI=1S/C36H48O11/c1-10-18(2)31(41)47-30-28(46-20(4)38)29-34(6,23-12-11-22(33(23,30)5)21-13-14-44-17-21)25(39)15-24-35(7,32(42)43-9)26(40)16-27(36(24,29)8)45-19(3)37/h12-14,17-18,22,24,26-30,40H,10-11,15-16H2,1-9H3/t18-,22+,24-,26+,27+,28-,29+,30+,33+,34-,35+,36-/m1/s1. The molecule has 258 valence electrons. The molecule has 1 aromatic heterocycles. The molecule has 3 fully saturated rings. The molecule has 1 N–H and O–H groups in total. The molecule has 0 aliphatic heterocycles. The average Bonchev–Trinajstić information content (AvgIpc) is 3.66. The van der Waals surface area contributed by atoms with Crippen molar-refractivity contribution in [3.8, 4) is 0 Å². The Hall–Kier alpha value is -3.47. The lowest BCUT2D eigenvalue weighted by Gasteiger charge is -2.69. The van der Waals surface area contributed by atoms with Crippen molar-refractivity contribution in [2.75, 3.05) is 7.11 Å². The number of rotatable bonds is 7. The molecule has 4 aliphatic carbocycles. The Bertz CT molecular complexity index is 1480. The van der Waals surface area contributed by atoms with E-state index >= 15 is 0 Å². The molecule has 0 bridgehead atoms. The number of allylic oxidation sites excluding steroid dienone is 1. The minimum absolute atomic E-state index is 0.128. The normalized spacial score (nSPS) is 41.4. The zero-order valence-corrected chi connectivity index (χ0v) is 28.8. The summed E-state index contributed by atoms with van der Waals surface area (Å²) in [5.74, 6) is -5.26. The van der Waals surface area contributed by atoms with Gasteiger partial charge in [-0.25, -0.2) is 0 Å². The summed E-state index contributed by atoms with van der Waals surface area (Å²) in [6.45, 7) is 13.4. The Morgan fingerprint density at radius 2 is 1.72 bits per heavy atom. The van der Waals surface area contributed by atoms with E-state index in [0.29, 0.717) is 12.8 Å². The van der Waals surface area contributed by atoms with Crippen LogP contribution < -0.4 is 0 Å². The highest BCUT2D eigenvalue weighted by Gasteiger charge is 2.78. The molecule has 1 heterocycles. The summed E-state index contributed by atoms with van der Waals surface area (Å²) in [6, 6.07) is 1.84. The van der Waals surface area contributed by atoms with E-state index in [9.17, 15) is 29.1 Å². The van der Waals surface area contributed by atoms with Gasteiger partial charge in [0.05, 0.1) is 42.5 Å². The number of hydrogen-bond acceptors (Lipinski definition) is 11. The molecule has 12 atom stereocenters. The van der Waals surface area contributed by atoms with Crippen LogP contribution in [-0.4, -0.2) is 66.3 Å². The second-order valence-electron chi connectivity index (χ2n) is 14.8. The van der Waals surface area contributed by atoms with Crippen LogP contribution in [0.4, 0.5) is 0 Å². The summed E-state index contributed by atoms with van der Waals surface area (Å²) in [5, 5.41) is 11.5. The van der Waals surface area contributed by atoms with Gasteiger partial charge in [0, 0.05) is 49.4 Å². The Labute approximate surface area is 275 Å². The van der Waals surface area contributed by atoms with Gasteiger partial charge in [0.15, 0.2) is 0 Å². The van der Waals surface area contributed by atoms with E-state index in [-0.39, 0.29) is 24.5 Å². The number of aliphatic hydroxyl groups excluding tert-OH is 1. The fourth-order valence-electron chi connectivity index (χ4n) is 10.1. The van der Waals surface area contributed by atoms with E-state index in [1.807, 2.05) is 39.8 Å². The van der Waals surface area contributed by atoms with Crippen molar-refractivity contribution >= 4 is 29.7 Å². The zero-order valence-electron chi connectivity index (χ0n) is 28.8. The first-order chi connectivity index (χ1) is 21.9. The van der Waals surface area contributed by atoms with Crippen LogP contribution in [0.15, 0.2) is 34.7 Å². The van der Waals surface area contributed by atoms with E-state index in [2.05, 4.69) is 0 Å². The van der Waals surface area contributed by atoms with Gasteiger partial charge in [-0.3, -0.25) is 24.0 Å². The number of Topliss-reactive ketones (excluding diaryl/α,β-unsaturated/α-hetero) is 1. The number of fused-ring (bicyclic) bond motifs is 5. The van der Waals surface area contributed by atoms with Crippen LogP contribution in [0.1, 0.15) is 92.6 Å². The highest BCUT2D eigenvalue weighted by Crippen LogP contribution is 2.74. The fraction of sp³-hybridized carbons (Fsp3) is 0.694. The largest absolute Gasteiger partial charge is 0.472 e. The van der Waals surface area contributed by atoms with Crippen LogP contribution in [0, 0.1) is 39.4 Å². The van der Waals surface area contributed by atoms with Crippen molar-refractivity contribution in [2.45, 2.75) is 111 Å². The summed E-state index contributed by atoms with van der Waals surface area (Å²) in [5.41, 5.74) is -3.58. The molecular weight excluding hydrogens is 608 g/mol. The molecule has 0 aromatic carbocycles. The monoisotopic (exact) mass is 656 g/mol. The van der Waals surface area contributed by atoms with Crippen LogP contribution in [0.2, 0.25) is 0 Å². The second kappa shape index (κ2) is 11.9. The van der Waals surface area contributed by atoms with E-state index in [0.717, 1.165) is 11.1 Å². The number of aliphatic hydroxyl groups is 1. The topological polar surface area (TPSA) is 156 Å². The molecule has 1 aromatic rings. The van der Waals surface area contributed by atoms with Crippen LogP contribution in [0.25, 0.3) is 0 Å². The first kappa shape index (κ1) is 34.9. The smallest absolute Gasteiger partial charge is 0.314 e. The maximum Gasteiger partial charge on any atom is 0.314 e. The number of furan rings is 1. The number of hydrogen-bond donors (Lipinski definition) is 1. The van der Waals surface area contributed by atoms with Crippen LogP contribution in [0.5, 0.6) is 0 Å². The molecule has 0 unspecified atom stereocenters. The van der Waals surface area contributed by atoms with Crippen molar-refractivity contribution in [3.05, 3.63) is 35.8 Å². The molecule has 11 nitrogen and oxygen atoms in total. The predicted molar refractivity (Wildman–Crippen MR) is 166 cm³/mol. The number of methoxy groups -OCH3 is 1. The Balaban J connectivity index is 1.83. The molecule has 11 heteroatoms. The molecule has 0 spiro atoms. The van der Waals surface area contributed by atoms with Gasteiger partial charge in [0.25, 0.3) is 0 Å². The predicted octanol–water partition coefficient (Wildman–Crippen LogP) is 4.70. The first-order valence-electron chi connectivity index (χ1n) is 16.5. The maximum absolute atomic E-state index is 14.9. The Morgan fingerprint density at radius 1 is 1.06 bits per heavy atom. The second-order valence-corrected chi connectivity index (χ2v) is 14.8. The van der Waals surface area contributed by atoms with Crippen molar-refractivity contribution < 1.29 is 52.4 Å². The molecule has 47 heavy (non-hydrogen) atoms. The summed E-state index contributed by atoms with van der Waals surface area (Å²) in [4.78, 5) is 67.9. The number of carbonyl (C=O) groups excluding carboxylic acids is 5. The van der Waals surface area contributed by atoms with Crippen molar-refractivity contribution in [2.24, 2.45) is 39.4 Å². The average molecular weight is 657 g/mol. The first-order valence-corrected chi connectivity index (χ1v) is 16.5. The lowest BCUT2D eigenvalue weighted by atomic mass is 9.35. The SMILES string of the molecule is CC[C@@H](C)C(=O)O[C@H]1[C@H](OC(C)=O)[C@H]2[C@@](C)(C(=O)C[C@@H]3[C@](C)(C(=O)OC)[C@@H](O)C[C@H](OC(C)=O)[C@@]32C)C2=CC[C@@H](c3ccoc3)[C@@]21C. The summed E-state index contributed by atoms with van der Waals surface area (Å²) >= 11 is 0. The quantitative estimate of drug-likeness (QED) is 0.247. The van der Waals surface area contributed by atoms with Gasteiger partial charge >= 0.3 is 23.9 Å². The van der Waals surface area contributed by atoms with Gasteiger partial charge in [-0.15, -0.1) is 0 Å². The molecule has 0 radical (unpaired) electrons. The number of carbonyl (C=O) groups is 5. The van der Waals surface area contributed by atoms with Gasteiger partial charge in [0.1, 0.15) is 24.1 Å². The number of ether oxygens (including phenoxy) is 4. The number of esters is 4. The highest BCUT2D eigenvalue weighted by molar-refractivity contribution is 5.92. The van der Waals surface area contributed by atoms with E-state index in [4.69, 9.17) is 23.4 Å². The minimum Gasteiger partial charge on any atom is -0.472 e. The van der Waals surface area contributed by atoms with Crippen molar-refractivity contribution in [1.29, 1.82) is 0 Å². The molecule has 4 aliphatic rings. The third-order valence-corrected chi connectivity index (χ3v) is 12.6. The molecule has 5 rings (SSSR count). The van der Waals surface area contributed by atoms with Crippen LogP contribution in [-0.2, 0) is 42.9 Å². The molecular formula is C36H48O11. The maximum atomic E-state index is 14.9. The van der Waals surface area contributed by atoms with E-state index < -0.39 is 87.7 Å². The van der Waals surface area contributed by atoms with Crippen molar-refractivity contribution in [3.63, 3.8) is 0 Å². The van der Waals surface area contributed by atoms with Gasteiger partial charge in [-0.2, -0.15) is 0 Å². The third-order valence-electron chi connectivity index (χ3n) is 12.6. The van der Waals surface area contributed by atoms with E-state index in [1.165, 1.54) is 21.0 Å². The Kier molecular flexibility index (Phi) is 8.82. The fourth-order valence-corrected chi connectivity index (χ4v) is 10.1. The third kappa shape index (κ3) is 4.81. The molecule has 0 saturated heterocycles. The summed E-state index contributed by atoms with van der Waals surface area (Å²) in [6.07, 6.45) is 1.39. The van der Waals surface area contributed by atoms with Crippen molar-refractivity contribution in [1.82, 2.24) is 0 Å². The zero-order chi connectivity index (χ0) is 34.9.